The Balaban J connectivity index is 1.74. The van der Waals surface area contributed by atoms with E-state index in [0.29, 0.717) is 0 Å². The third-order valence-corrected chi connectivity index (χ3v) is 4.42. The van der Waals surface area contributed by atoms with Gasteiger partial charge in [0.05, 0.1) is 7.11 Å². The number of ether oxygens (including phenoxy) is 1. The molecule has 0 radical (unpaired) electrons. The zero-order valence-electron chi connectivity index (χ0n) is 11.8. The van der Waals surface area contributed by atoms with Gasteiger partial charge in [0, 0.05) is 16.3 Å². The van der Waals surface area contributed by atoms with E-state index < -0.39 is 0 Å². The van der Waals surface area contributed by atoms with Gasteiger partial charge in [0.1, 0.15) is 5.75 Å². The molecule has 102 valence electrons. The summed E-state index contributed by atoms with van der Waals surface area (Å²) in [4.78, 5) is 2.84. The summed E-state index contributed by atoms with van der Waals surface area (Å²) in [5, 5.41) is 3.50. The molecule has 1 aromatic carbocycles. The van der Waals surface area contributed by atoms with Gasteiger partial charge in [-0.3, -0.25) is 0 Å². The van der Waals surface area contributed by atoms with Gasteiger partial charge in [0.25, 0.3) is 0 Å². The monoisotopic (exact) mass is 275 g/mol. The summed E-state index contributed by atoms with van der Waals surface area (Å²) in [6.45, 7) is 6.32. The highest BCUT2D eigenvalue weighted by molar-refractivity contribution is 7.12. The van der Waals surface area contributed by atoms with E-state index in [2.05, 4.69) is 37.4 Å². The summed E-state index contributed by atoms with van der Waals surface area (Å²) >= 11 is 1.89. The number of methoxy groups -OCH3 is 1. The van der Waals surface area contributed by atoms with Gasteiger partial charge in [-0.2, -0.15) is 0 Å². The first kappa shape index (κ1) is 14.1. The van der Waals surface area contributed by atoms with Crippen LogP contribution in [0, 0.1) is 13.8 Å². The lowest BCUT2D eigenvalue weighted by Gasteiger charge is -2.05. The summed E-state index contributed by atoms with van der Waals surface area (Å²) in [6, 6.07) is 10.6. The van der Waals surface area contributed by atoms with Crippen molar-refractivity contribution in [2.24, 2.45) is 0 Å². The number of thiophene rings is 1. The molecule has 1 N–H and O–H groups in total. The molecule has 1 heterocycles. The van der Waals surface area contributed by atoms with E-state index in [9.17, 15) is 0 Å². The summed E-state index contributed by atoms with van der Waals surface area (Å²) < 4.78 is 5.15. The van der Waals surface area contributed by atoms with Crippen LogP contribution in [-0.4, -0.2) is 13.7 Å². The Morgan fingerprint density at radius 2 is 1.89 bits per heavy atom. The lowest BCUT2D eigenvalue weighted by atomic mass is 10.1. The fraction of sp³-hybridized carbons (Fsp3) is 0.375. The molecule has 0 spiro atoms. The van der Waals surface area contributed by atoms with Crippen molar-refractivity contribution in [1.82, 2.24) is 5.32 Å². The molecule has 3 heteroatoms. The van der Waals surface area contributed by atoms with Crippen LogP contribution in [-0.2, 0) is 13.0 Å². The second-order valence-corrected chi connectivity index (χ2v) is 6.07. The number of rotatable bonds is 6. The highest BCUT2D eigenvalue weighted by Crippen LogP contribution is 2.20. The molecule has 0 aliphatic rings. The molecule has 0 unspecified atom stereocenters. The molecule has 0 saturated carbocycles. The zero-order chi connectivity index (χ0) is 13.7. The smallest absolute Gasteiger partial charge is 0.118 e. The van der Waals surface area contributed by atoms with Crippen LogP contribution in [0.15, 0.2) is 30.3 Å². The van der Waals surface area contributed by atoms with E-state index in [1.165, 1.54) is 20.9 Å². The minimum atomic E-state index is 0.918. The van der Waals surface area contributed by atoms with Crippen LogP contribution in [0.3, 0.4) is 0 Å². The number of aryl methyl sites for hydroxylation is 2. The molecule has 19 heavy (non-hydrogen) atoms. The molecular weight excluding hydrogens is 254 g/mol. The molecule has 2 rings (SSSR count). The van der Waals surface area contributed by atoms with Crippen LogP contribution < -0.4 is 10.1 Å². The van der Waals surface area contributed by atoms with Crippen LogP contribution in [0.1, 0.15) is 20.9 Å². The molecule has 0 atom stereocenters. The molecule has 0 fully saturated rings. The number of hydrogen-bond donors (Lipinski definition) is 1. The number of hydrogen-bond acceptors (Lipinski definition) is 3. The maximum atomic E-state index is 5.15. The lowest BCUT2D eigenvalue weighted by Crippen LogP contribution is -2.15. The highest BCUT2D eigenvalue weighted by atomic mass is 32.1. The Kier molecular flexibility index (Phi) is 5.00. The third kappa shape index (κ3) is 4.08. The summed E-state index contributed by atoms with van der Waals surface area (Å²) in [5.74, 6) is 0.918. The minimum absolute atomic E-state index is 0.918. The second kappa shape index (κ2) is 6.73. The largest absolute Gasteiger partial charge is 0.497 e. The average Bonchev–Trinajstić information content (AvgIpc) is 2.74. The Morgan fingerprint density at radius 3 is 2.47 bits per heavy atom. The van der Waals surface area contributed by atoms with E-state index in [-0.39, 0.29) is 0 Å². The van der Waals surface area contributed by atoms with Crippen molar-refractivity contribution < 1.29 is 4.74 Å². The van der Waals surface area contributed by atoms with Crippen LogP contribution in [0.4, 0.5) is 0 Å². The molecule has 1 aromatic heterocycles. The predicted octanol–water partition coefficient (Wildman–Crippen LogP) is 3.71. The second-order valence-electron chi connectivity index (χ2n) is 4.73. The first-order chi connectivity index (χ1) is 9.19. The minimum Gasteiger partial charge on any atom is -0.497 e. The lowest BCUT2D eigenvalue weighted by molar-refractivity contribution is 0.414. The predicted molar refractivity (Wildman–Crippen MR) is 82.2 cm³/mol. The number of nitrogens with one attached hydrogen (secondary N) is 1. The van der Waals surface area contributed by atoms with Crippen LogP contribution >= 0.6 is 11.3 Å². The Bertz CT molecular complexity index is 497. The molecule has 2 aromatic rings. The zero-order valence-corrected chi connectivity index (χ0v) is 12.6. The van der Waals surface area contributed by atoms with Gasteiger partial charge in [-0.1, -0.05) is 12.1 Å². The van der Waals surface area contributed by atoms with Gasteiger partial charge in [0.15, 0.2) is 0 Å². The Morgan fingerprint density at radius 1 is 1.16 bits per heavy atom. The average molecular weight is 275 g/mol. The van der Waals surface area contributed by atoms with Crippen molar-refractivity contribution in [3.8, 4) is 5.75 Å². The van der Waals surface area contributed by atoms with Crippen molar-refractivity contribution in [1.29, 1.82) is 0 Å². The fourth-order valence-corrected chi connectivity index (χ4v) is 3.00. The van der Waals surface area contributed by atoms with Crippen LogP contribution in [0.5, 0.6) is 5.75 Å². The topological polar surface area (TPSA) is 21.3 Å². The van der Waals surface area contributed by atoms with Gasteiger partial charge in [-0.05, 0) is 56.1 Å². The van der Waals surface area contributed by atoms with E-state index in [0.717, 1.165) is 25.3 Å². The van der Waals surface area contributed by atoms with E-state index in [4.69, 9.17) is 4.74 Å². The van der Waals surface area contributed by atoms with E-state index >= 15 is 0 Å². The first-order valence-corrected chi connectivity index (χ1v) is 7.40. The van der Waals surface area contributed by atoms with Gasteiger partial charge in [0.2, 0.25) is 0 Å². The highest BCUT2D eigenvalue weighted by Gasteiger charge is 2.01. The van der Waals surface area contributed by atoms with Gasteiger partial charge < -0.3 is 10.1 Å². The summed E-state index contributed by atoms with van der Waals surface area (Å²) in [6.07, 6.45) is 1.05. The van der Waals surface area contributed by atoms with E-state index in [1.54, 1.807) is 7.11 Å². The van der Waals surface area contributed by atoms with Gasteiger partial charge >= 0.3 is 0 Å². The van der Waals surface area contributed by atoms with Gasteiger partial charge in [-0.15, -0.1) is 11.3 Å². The SMILES string of the molecule is COc1ccc(CCNCc2cc(C)c(C)s2)cc1. The fourth-order valence-electron chi connectivity index (χ4n) is 1.97. The molecule has 2 nitrogen and oxygen atoms in total. The molecule has 0 bridgehead atoms. The quantitative estimate of drug-likeness (QED) is 0.812. The van der Waals surface area contributed by atoms with Crippen LogP contribution in [0.2, 0.25) is 0 Å². The molecule has 0 aliphatic carbocycles. The van der Waals surface area contributed by atoms with Gasteiger partial charge in [-0.25, -0.2) is 0 Å². The van der Waals surface area contributed by atoms with Crippen molar-refractivity contribution in [2.75, 3.05) is 13.7 Å². The maximum absolute atomic E-state index is 5.15. The summed E-state index contributed by atoms with van der Waals surface area (Å²) in [7, 11) is 1.70. The Labute approximate surface area is 119 Å². The standard InChI is InChI=1S/C16H21NOS/c1-12-10-16(19-13(12)2)11-17-9-8-14-4-6-15(18-3)7-5-14/h4-7,10,17H,8-9,11H2,1-3H3. The molecule has 0 amide bonds. The van der Waals surface area contributed by atoms with Crippen molar-refractivity contribution in [3.05, 3.63) is 51.2 Å². The summed E-state index contributed by atoms with van der Waals surface area (Å²) in [5.41, 5.74) is 2.74. The molecular formula is C16H21NOS. The molecule has 0 saturated heterocycles. The normalized spacial score (nSPS) is 10.7. The van der Waals surface area contributed by atoms with Crippen LogP contribution in [0.25, 0.3) is 0 Å². The number of benzene rings is 1. The third-order valence-electron chi connectivity index (χ3n) is 3.27. The maximum Gasteiger partial charge on any atom is 0.118 e. The van der Waals surface area contributed by atoms with Crippen molar-refractivity contribution >= 4 is 11.3 Å². The molecule has 0 aliphatic heterocycles. The first-order valence-electron chi connectivity index (χ1n) is 6.58. The van der Waals surface area contributed by atoms with Crippen molar-refractivity contribution in [2.45, 2.75) is 26.8 Å². The Hall–Kier alpha value is -1.32. The van der Waals surface area contributed by atoms with E-state index in [1.807, 2.05) is 23.5 Å². The van der Waals surface area contributed by atoms with Crippen molar-refractivity contribution in [3.63, 3.8) is 0 Å².